The Morgan fingerprint density at radius 1 is 1.26 bits per heavy atom. The number of nitrogen functional groups attached to an aromatic ring is 1. The molecule has 4 nitrogen and oxygen atoms in total. The van der Waals surface area contributed by atoms with Crippen molar-refractivity contribution in [1.82, 2.24) is 4.98 Å². The zero-order chi connectivity index (χ0) is 13.7. The van der Waals surface area contributed by atoms with Crippen LogP contribution in [0.15, 0.2) is 48.8 Å². The molecule has 3 N–H and O–H groups in total. The third-order valence-electron chi connectivity index (χ3n) is 3.03. The molecule has 2 rings (SSSR count). The molecule has 0 saturated heterocycles. The first-order valence-corrected chi connectivity index (χ1v) is 6.29. The van der Waals surface area contributed by atoms with Gasteiger partial charge in [0.2, 0.25) is 0 Å². The Hall–Kier alpha value is -2.36. The van der Waals surface area contributed by atoms with Crippen LogP contribution in [0.2, 0.25) is 0 Å². The van der Waals surface area contributed by atoms with Crippen molar-refractivity contribution in [3.8, 4) is 0 Å². The molecule has 2 aromatic rings. The fourth-order valence-corrected chi connectivity index (χ4v) is 2.04. The zero-order valence-electron chi connectivity index (χ0n) is 11.0. The van der Waals surface area contributed by atoms with Crippen molar-refractivity contribution in [3.05, 3.63) is 59.9 Å². The molecule has 0 radical (unpaired) electrons. The van der Waals surface area contributed by atoms with Gasteiger partial charge in [-0.15, -0.1) is 0 Å². The lowest BCUT2D eigenvalue weighted by molar-refractivity contribution is 0.827. The van der Waals surface area contributed by atoms with Gasteiger partial charge in [-0.05, 0) is 18.6 Å². The SMILES string of the molecule is CCN(Cc1ccccc1)c1cnccc1C(=N)N. The fourth-order valence-electron chi connectivity index (χ4n) is 2.04. The minimum Gasteiger partial charge on any atom is -0.384 e. The van der Waals surface area contributed by atoms with E-state index in [4.69, 9.17) is 11.1 Å². The van der Waals surface area contributed by atoms with E-state index in [1.165, 1.54) is 5.56 Å². The van der Waals surface area contributed by atoms with E-state index in [1.54, 1.807) is 18.5 Å². The maximum absolute atomic E-state index is 7.65. The monoisotopic (exact) mass is 254 g/mol. The van der Waals surface area contributed by atoms with E-state index in [1.807, 2.05) is 18.2 Å². The van der Waals surface area contributed by atoms with Crippen LogP contribution >= 0.6 is 0 Å². The van der Waals surface area contributed by atoms with Gasteiger partial charge in [-0.3, -0.25) is 10.4 Å². The van der Waals surface area contributed by atoms with E-state index < -0.39 is 0 Å². The van der Waals surface area contributed by atoms with Gasteiger partial charge in [0.05, 0.1) is 11.9 Å². The molecule has 0 unspecified atom stereocenters. The van der Waals surface area contributed by atoms with E-state index >= 15 is 0 Å². The Kier molecular flexibility index (Phi) is 4.13. The molecule has 0 aliphatic heterocycles. The van der Waals surface area contributed by atoms with Crippen molar-refractivity contribution in [3.63, 3.8) is 0 Å². The third kappa shape index (κ3) is 3.10. The molecule has 0 amide bonds. The lowest BCUT2D eigenvalue weighted by atomic mass is 10.1. The standard InChI is InChI=1S/C15H18N4/c1-2-19(11-12-6-4-3-5-7-12)14-10-18-9-8-13(14)15(16)17/h3-10H,2,11H2,1H3,(H3,16,17). The second-order valence-corrected chi connectivity index (χ2v) is 4.31. The molecule has 98 valence electrons. The number of nitrogens with two attached hydrogens (primary N) is 1. The quantitative estimate of drug-likeness (QED) is 0.636. The highest BCUT2D eigenvalue weighted by molar-refractivity contribution is 6.00. The van der Waals surface area contributed by atoms with Gasteiger partial charge in [0.1, 0.15) is 5.84 Å². The molecular weight excluding hydrogens is 236 g/mol. The van der Waals surface area contributed by atoms with Crippen LogP contribution in [0.4, 0.5) is 5.69 Å². The normalized spacial score (nSPS) is 10.2. The van der Waals surface area contributed by atoms with E-state index in [-0.39, 0.29) is 5.84 Å². The molecule has 0 aliphatic carbocycles. The minimum atomic E-state index is 0.0731. The van der Waals surface area contributed by atoms with Crippen molar-refractivity contribution in [1.29, 1.82) is 5.41 Å². The minimum absolute atomic E-state index is 0.0731. The molecule has 19 heavy (non-hydrogen) atoms. The molecular formula is C15H18N4. The maximum Gasteiger partial charge on any atom is 0.125 e. The average Bonchev–Trinajstić information content (AvgIpc) is 2.46. The Morgan fingerprint density at radius 3 is 2.63 bits per heavy atom. The second kappa shape index (κ2) is 6.00. The van der Waals surface area contributed by atoms with Crippen LogP contribution in [0.5, 0.6) is 0 Å². The van der Waals surface area contributed by atoms with Crippen LogP contribution < -0.4 is 10.6 Å². The number of amidine groups is 1. The average molecular weight is 254 g/mol. The maximum atomic E-state index is 7.65. The van der Waals surface area contributed by atoms with E-state index in [0.29, 0.717) is 0 Å². The number of rotatable bonds is 5. The van der Waals surface area contributed by atoms with Gasteiger partial charge in [0, 0.05) is 24.8 Å². The number of benzene rings is 1. The summed E-state index contributed by atoms with van der Waals surface area (Å²) in [5.74, 6) is 0.0731. The number of anilines is 1. The second-order valence-electron chi connectivity index (χ2n) is 4.31. The van der Waals surface area contributed by atoms with Gasteiger partial charge >= 0.3 is 0 Å². The number of nitrogens with zero attached hydrogens (tertiary/aromatic N) is 2. The summed E-state index contributed by atoms with van der Waals surface area (Å²) in [5.41, 5.74) is 8.49. The van der Waals surface area contributed by atoms with Crippen LogP contribution in [0.25, 0.3) is 0 Å². The Balaban J connectivity index is 2.30. The van der Waals surface area contributed by atoms with Crippen LogP contribution in [0, 0.1) is 5.41 Å². The number of hydrogen-bond acceptors (Lipinski definition) is 3. The molecule has 0 saturated carbocycles. The van der Waals surface area contributed by atoms with Crippen molar-refractivity contribution in [2.75, 3.05) is 11.4 Å². The summed E-state index contributed by atoms with van der Waals surface area (Å²) in [4.78, 5) is 6.31. The first kappa shape index (κ1) is 13.1. The van der Waals surface area contributed by atoms with Crippen molar-refractivity contribution < 1.29 is 0 Å². The summed E-state index contributed by atoms with van der Waals surface area (Å²) < 4.78 is 0. The summed E-state index contributed by atoms with van der Waals surface area (Å²) in [6, 6.07) is 12.0. The predicted molar refractivity (Wildman–Crippen MR) is 78.4 cm³/mol. The largest absolute Gasteiger partial charge is 0.384 e. The van der Waals surface area contributed by atoms with Gasteiger partial charge < -0.3 is 10.6 Å². The topological polar surface area (TPSA) is 66.0 Å². The number of aromatic nitrogens is 1. The lowest BCUT2D eigenvalue weighted by Crippen LogP contribution is -2.26. The van der Waals surface area contributed by atoms with Gasteiger partial charge in [0.25, 0.3) is 0 Å². The molecule has 1 heterocycles. The predicted octanol–water partition coefficient (Wildman–Crippen LogP) is 2.39. The molecule has 1 aromatic heterocycles. The van der Waals surface area contributed by atoms with Crippen molar-refractivity contribution in [2.45, 2.75) is 13.5 Å². The van der Waals surface area contributed by atoms with Gasteiger partial charge in [0.15, 0.2) is 0 Å². The first-order chi connectivity index (χ1) is 9.22. The Labute approximate surface area is 113 Å². The van der Waals surface area contributed by atoms with Crippen LogP contribution in [0.1, 0.15) is 18.1 Å². The summed E-state index contributed by atoms with van der Waals surface area (Å²) in [5, 5.41) is 7.65. The van der Waals surface area contributed by atoms with Gasteiger partial charge in [-0.25, -0.2) is 0 Å². The van der Waals surface area contributed by atoms with Crippen molar-refractivity contribution >= 4 is 11.5 Å². The molecule has 4 heteroatoms. The van der Waals surface area contributed by atoms with E-state index in [9.17, 15) is 0 Å². The smallest absolute Gasteiger partial charge is 0.125 e. The summed E-state index contributed by atoms with van der Waals surface area (Å²) >= 11 is 0. The zero-order valence-corrected chi connectivity index (χ0v) is 11.0. The molecule has 0 spiro atoms. The van der Waals surface area contributed by atoms with E-state index in [2.05, 4.69) is 28.9 Å². The summed E-state index contributed by atoms with van der Waals surface area (Å²) in [6.45, 7) is 3.70. The third-order valence-corrected chi connectivity index (χ3v) is 3.03. The number of hydrogen-bond donors (Lipinski definition) is 2. The number of pyridine rings is 1. The fraction of sp³-hybridized carbons (Fsp3) is 0.200. The molecule has 0 atom stereocenters. The highest BCUT2D eigenvalue weighted by atomic mass is 15.1. The van der Waals surface area contributed by atoms with Gasteiger partial charge in [-0.2, -0.15) is 0 Å². The lowest BCUT2D eigenvalue weighted by Gasteiger charge is -2.25. The van der Waals surface area contributed by atoms with E-state index in [0.717, 1.165) is 24.3 Å². The Morgan fingerprint density at radius 2 is 2.00 bits per heavy atom. The van der Waals surface area contributed by atoms with Gasteiger partial charge in [-0.1, -0.05) is 30.3 Å². The molecule has 0 aliphatic rings. The Bertz CT molecular complexity index is 551. The highest BCUT2D eigenvalue weighted by Gasteiger charge is 2.12. The summed E-state index contributed by atoms with van der Waals surface area (Å²) in [6.07, 6.45) is 3.43. The molecule has 0 fully saturated rings. The first-order valence-electron chi connectivity index (χ1n) is 6.29. The van der Waals surface area contributed by atoms with Crippen LogP contribution in [-0.4, -0.2) is 17.4 Å². The van der Waals surface area contributed by atoms with Crippen LogP contribution in [-0.2, 0) is 6.54 Å². The van der Waals surface area contributed by atoms with Crippen LogP contribution in [0.3, 0.4) is 0 Å². The molecule has 1 aromatic carbocycles. The molecule has 0 bridgehead atoms. The van der Waals surface area contributed by atoms with Crippen molar-refractivity contribution in [2.24, 2.45) is 5.73 Å². The summed E-state index contributed by atoms with van der Waals surface area (Å²) in [7, 11) is 0. The highest BCUT2D eigenvalue weighted by Crippen LogP contribution is 2.20. The number of nitrogens with one attached hydrogen (secondary N) is 1.